The molecule has 0 radical (unpaired) electrons. The van der Waals surface area contributed by atoms with Crippen molar-refractivity contribution in [2.24, 2.45) is 5.73 Å². The number of aromatic nitrogens is 2. The molecule has 0 aliphatic rings. The molecule has 0 aliphatic heterocycles. The van der Waals surface area contributed by atoms with E-state index in [1.165, 1.54) is 0 Å². The summed E-state index contributed by atoms with van der Waals surface area (Å²) in [5.74, 6) is 0. The molecule has 62 valence electrons. The minimum absolute atomic E-state index is 0.0548. The first-order valence-corrected chi connectivity index (χ1v) is 3.67. The molecule has 3 N–H and O–H groups in total. The van der Waals surface area contributed by atoms with Gasteiger partial charge in [0.15, 0.2) is 0 Å². The summed E-state index contributed by atoms with van der Waals surface area (Å²) in [7, 11) is 0. The van der Waals surface area contributed by atoms with Gasteiger partial charge in [-0.25, -0.2) is 0 Å². The van der Waals surface area contributed by atoms with E-state index in [1.54, 1.807) is 4.68 Å². The van der Waals surface area contributed by atoms with Crippen LogP contribution in [0, 0.1) is 0 Å². The molecule has 1 aromatic heterocycles. The molecule has 0 unspecified atom stereocenters. The number of hydrogen-bond acceptors (Lipinski definition) is 3. The fourth-order valence-electron chi connectivity index (χ4n) is 0.845. The summed E-state index contributed by atoms with van der Waals surface area (Å²) in [6, 6.07) is 1.48. The van der Waals surface area contributed by atoms with E-state index in [-0.39, 0.29) is 12.6 Å². The maximum Gasteiger partial charge on any atom is 0.0815 e. The molecule has 0 amide bonds. The van der Waals surface area contributed by atoms with Crippen LogP contribution >= 0.6 is 0 Å². The van der Waals surface area contributed by atoms with E-state index in [4.69, 9.17) is 10.8 Å². The van der Waals surface area contributed by atoms with E-state index in [9.17, 15) is 0 Å². The second-order valence-electron chi connectivity index (χ2n) is 2.39. The highest BCUT2D eigenvalue weighted by Gasteiger charge is 2.06. The predicted molar refractivity (Wildman–Crippen MR) is 41.9 cm³/mol. The molecular weight excluding hydrogens is 142 g/mol. The Morgan fingerprint density at radius 3 is 3.00 bits per heavy atom. The van der Waals surface area contributed by atoms with E-state index in [0.29, 0.717) is 0 Å². The van der Waals surface area contributed by atoms with Crippen LogP contribution in [0.25, 0.3) is 0 Å². The lowest BCUT2D eigenvalue weighted by atomic mass is 10.2. The molecule has 0 aromatic carbocycles. The fraction of sp³-hybridized carbons (Fsp3) is 0.571. The van der Waals surface area contributed by atoms with Crippen LogP contribution in [-0.4, -0.2) is 21.5 Å². The Kier molecular flexibility index (Phi) is 2.62. The standard InChI is InChI=1S/C7H13N3O/c1-2-10-4-3-7(9-10)6(8)5-11/h3-4,6,11H,2,5,8H2,1H3/t6-/m1/s1. The third kappa shape index (κ3) is 1.78. The summed E-state index contributed by atoms with van der Waals surface area (Å²) in [4.78, 5) is 0. The maximum absolute atomic E-state index is 8.70. The molecule has 4 nitrogen and oxygen atoms in total. The van der Waals surface area contributed by atoms with Crippen molar-refractivity contribution in [2.75, 3.05) is 6.61 Å². The third-order valence-corrected chi connectivity index (χ3v) is 1.56. The van der Waals surface area contributed by atoms with E-state index < -0.39 is 0 Å². The van der Waals surface area contributed by atoms with Crippen molar-refractivity contribution in [3.05, 3.63) is 18.0 Å². The van der Waals surface area contributed by atoms with E-state index >= 15 is 0 Å². The number of aliphatic hydroxyl groups excluding tert-OH is 1. The summed E-state index contributed by atoms with van der Waals surface area (Å²) in [6.07, 6.45) is 1.85. The molecule has 1 aromatic rings. The first-order chi connectivity index (χ1) is 5.27. The molecule has 0 fully saturated rings. The zero-order valence-corrected chi connectivity index (χ0v) is 6.57. The van der Waals surface area contributed by atoms with Gasteiger partial charge in [0.1, 0.15) is 0 Å². The Labute approximate surface area is 65.6 Å². The zero-order chi connectivity index (χ0) is 8.27. The minimum atomic E-state index is -0.345. The van der Waals surface area contributed by atoms with Crippen molar-refractivity contribution in [1.82, 2.24) is 9.78 Å². The molecule has 11 heavy (non-hydrogen) atoms. The molecule has 4 heteroatoms. The van der Waals surface area contributed by atoms with Crippen LogP contribution < -0.4 is 5.73 Å². The molecular formula is C7H13N3O. The highest BCUT2D eigenvalue weighted by atomic mass is 16.3. The SMILES string of the molecule is CCn1ccc([C@H](N)CO)n1. The van der Waals surface area contributed by atoms with Crippen molar-refractivity contribution < 1.29 is 5.11 Å². The largest absolute Gasteiger partial charge is 0.394 e. The van der Waals surface area contributed by atoms with Gasteiger partial charge in [-0.1, -0.05) is 0 Å². The van der Waals surface area contributed by atoms with Crippen molar-refractivity contribution in [1.29, 1.82) is 0 Å². The van der Waals surface area contributed by atoms with Gasteiger partial charge in [-0.3, -0.25) is 4.68 Å². The fourth-order valence-corrected chi connectivity index (χ4v) is 0.845. The van der Waals surface area contributed by atoms with Crippen LogP contribution in [0.5, 0.6) is 0 Å². The highest BCUT2D eigenvalue weighted by molar-refractivity contribution is 5.04. The first-order valence-electron chi connectivity index (χ1n) is 3.67. The lowest BCUT2D eigenvalue weighted by molar-refractivity contribution is 0.265. The lowest BCUT2D eigenvalue weighted by Gasteiger charge is -2.02. The normalized spacial score (nSPS) is 13.4. The number of aryl methyl sites for hydroxylation is 1. The summed E-state index contributed by atoms with van der Waals surface area (Å²) < 4.78 is 1.78. The number of aliphatic hydroxyl groups is 1. The van der Waals surface area contributed by atoms with Crippen LogP contribution in [0.2, 0.25) is 0 Å². The lowest BCUT2D eigenvalue weighted by Crippen LogP contribution is -2.15. The van der Waals surface area contributed by atoms with Crippen LogP contribution in [0.3, 0.4) is 0 Å². The predicted octanol–water partition coefficient (Wildman–Crippen LogP) is -0.105. The van der Waals surface area contributed by atoms with E-state index in [0.717, 1.165) is 12.2 Å². The Hall–Kier alpha value is -0.870. The number of nitrogens with zero attached hydrogens (tertiary/aromatic N) is 2. The summed E-state index contributed by atoms with van der Waals surface area (Å²) in [6.45, 7) is 2.78. The second-order valence-corrected chi connectivity index (χ2v) is 2.39. The molecule has 0 spiro atoms. The van der Waals surface area contributed by atoms with Gasteiger partial charge in [-0.2, -0.15) is 5.10 Å². The number of rotatable bonds is 3. The van der Waals surface area contributed by atoms with Gasteiger partial charge >= 0.3 is 0 Å². The highest BCUT2D eigenvalue weighted by Crippen LogP contribution is 2.04. The van der Waals surface area contributed by atoms with Gasteiger partial charge < -0.3 is 10.8 Å². The van der Waals surface area contributed by atoms with Gasteiger partial charge in [0.05, 0.1) is 18.3 Å². The average Bonchev–Trinajstić information content (AvgIpc) is 2.50. The molecule has 0 saturated heterocycles. The van der Waals surface area contributed by atoms with Crippen molar-refractivity contribution in [2.45, 2.75) is 19.5 Å². The van der Waals surface area contributed by atoms with Gasteiger partial charge in [0.25, 0.3) is 0 Å². The van der Waals surface area contributed by atoms with Crippen molar-refractivity contribution in [3.63, 3.8) is 0 Å². The van der Waals surface area contributed by atoms with Crippen LogP contribution in [0.15, 0.2) is 12.3 Å². The summed E-state index contributed by atoms with van der Waals surface area (Å²) in [5.41, 5.74) is 6.28. The quantitative estimate of drug-likeness (QED) is 0.640. The van der Waals surface area contributed by atoms with Gasteiger partial charge in [-0.15, -0.1) is 0 Å². The van der Waals surface area contributed by atoms with Gasteiger partial charge in [-0.05, 0) is 13.0 Å². The number of nitrogens with two attached hydrogens (primary N) is 1. The smallest absolute Gasteiger partial charge is 0.0815 e. The molecule has 1 atom stereocenters. The Bertz CT molecular complexity index is 221. The summed E-state index contributed by atoms with van der Waals surface area (Å²) in [5, 5.41) is 12.8. The molecule has 1 heterocycles. The summed E-state index contributed by atoms with van der Waals surface area (Å²) >= 11 is 0. The first kappa shape index (κ1) is 8.23. The second kappa shape index (κ2) is 3.50. The van der Waals surface area contributed by atoms with Gasteiger partial charge in [0.2, 0.25) is 0 Å². The molecule has 1 rings (SSSR count). The van der Waals surface area contributed by atoms with Crippen molar-refractivity contribution >= 4 is 0 Å². The maximum atomic E-state index is 8.70. The molecule has 0 bridgehead atoms. The number of hydrogen-bond donors (Lipinski definition) is 2. The Morgan fingerprint density at radius 2 is 2.55 bits per heavy atom. The molecule has 0 saturated carbocycles. The zero-order valence-electron chi connectivity index (χ0n) is 6.57. The van der Waals surface area contributed by atoms with Crippen molar-refractivity contribution in [3.8, 4) is 0 Å². The Balaban J connectivity index is 2.71. The average molecular weight is 155 g/mol. The van der Waals surface area contributed by atoms with E-state index in [1.807, 2.05) is 19.2 Å². The van der Waals surface area contributed by atoms with Crippen LogP contribution in [0.4, 0.5) is 0 Å². The van der Waals surface area contributed by atoms with Gasteiger partial charge in [0, 0.05) is 12.7 Å². The van der Waals surface area contributed by atoms with Crippen LogP contribution in [0.1, 0.15) is 18.7 Å². The minimum Gasteiger partial charge on any atom is -0.394 e. The topological polar surface area (TPSA) is 64.1 Å². The van der Waals surface area contributed by atoms with E-state index in [2.05, 4.69) is 5.10 Å². The molecule has 0 aliphatic carbocycles. The third-order valence-electron chi connectivity index (χ3n) is 1.56. The Morgan fingerprint density at radius 1 is 1.82 bits per heavy atom. The van der Waals surface area contributed by atoms with Crippen LogP contribution in [-0.2, 0) is 6.54 Å². The monoisotopic (exact) mass is 155 g/mol.